The van der Waals surface area contributed by atoms with E-state index in [4.69, 9.17) is 23.2 Å². The summed E-state index contributed by atoms with van der Waals surface area (Å²) in [5, 5.41) is 5.57. The quantitative estimate of drug-likeness (QED) is 0.415. The lowest BCUT2D eigenvalue weighted by Crippen LogP contribution is -2.15. The monoisotopic (exact) mass is 429 g/mol. The van der Waals surface area contributed by atoms with Crippen LogP contribution in [0.2, 0.25) is 10.0 Å². The number of imidazole rings is 1. The molecule has 0 bridgehead atoms. The van der Waals surface area contributed by atoms with Gasteiger partial charge in [-0.3, -0.25) is 9.20 Å². The van der Waals surface area contributed by atoms with Crippen LogP contribution in [0.1, 0.15) is 18.2 Å². The minimum atomic E-state index is -0.183. The van der Waals surface area contributed by atoms with Gasteiger partial charge in [-0.2, -0.15) is 0 Å². The van der Waals surface area contributed by atoms with Crippen LogP contribution in [0.15, 0.2) is 54.0 Å². The predicted octanol–water partition coefficient (Wildman–Crippen LogP) is 6.11. The first-order chi connectivity index (χ1) is 13.5. The molecule has 1 amide bonds. The lowest BCUT2D eigenvalue weighted by atomic mass is 10.1. The molecule has 7 heteroatoms. The minimum Gasteiger partial charge on any atom is -0.323 e. The summed E-state index contributed by atoms with van der Waals surface area (Å²) >= 11 is 13.8. The summed E-state index contributed by atoms with van der Waals surface area (Å²) in [5.41, 5.74) is 4.55. The third kappa shape index (κ3) is 3.78. The summed E-state index contributed by atoms with van der Waals surface area (Å²) in [6.45, 7) is 2.13. The van der Waals surface area contributed by atoms with Crippen molar-refractivity contribution in [3.63, 3.8) is 0 Å². The number of aryl methyl sites for hydroxylation is 1. The number of amides is 1. The van der Waals surface area contributed by atoms with E-state index in [1.165, 1.54) is 16.9 Å². The molecule has 0 aliphatic carbocycles. The highest BCUT2D eigenvalue weighted by Gasteiger charge is 2.15. The van der Waals surface area contributed by atoms with E-state index in [9.17, 15) is 4.79 Å². The maximum absolute atomic E-state index is 12.5. The summed E-state index contributed by atoms with van der Waals surface area (Å²) in [6.07, 6.45) is 3.18. The molecule has 2 aromatic carbocycles. The number of hydrogen-bond donors (Lipinski definition) is 1. The lowest BCUT2D eigenvalue weighted by molar-refractivity contribution is -0.115. The zero-order valence-corrected chi connectivity index (χ0v) is 17.4. The smallest absolute Gasteiger partial charge is 0.230 e. The van der Waals surface area contributed by atoms with Crippen LogP contribution >= 0.6 is 34.5 Å². The van der Waals surface area contributed by atoms with E-state index in [0.29, 0.717) is 15.7 Å². The van der Waals surface area contributed by atoms with Gasteiger partial charge in [0.25, 0.3) is 0 Å². The number of aromatic nitrogens is 2. The molecule has 4 nitrogen and oxygen atoms in total. The number of para-hydroxylation sites is 1. The summed E-state index contributed by atoms with van der Waals surface area (Å²) in [5.74, 6) is -0.183. The topological polar surface area (TPSA) is 46.4 Å². The minimum absolute atomic E-state index is 0.183. The molecule has 0 unspecified atom stereocenters. The number of nitrogens with zero attached hydrogens (tertiary/aromatic N) is 2. The molecule has 0 fully saturated rings. The molecule has 28 heavy (non-hydrogen) atoms. The molecule has 0 aliphatic heterocycles. The van der Waals surface area contributed by atoms with Crippen molar-refractivity contribution in [3.8, 4) is 11.3 Å². The summed E-state index contributed by atoms with van der Waals surface area (Å²) < 4.78 is 1.96. The van der Waals surface area contributed by atoms with Crippen molar-refractivity contribution >= 4 is 51.1 Å². The van der Waals surface area contributed by atoms with Crippen molar-refractivity contribution in [2.45, 2.75) is 19.8 Å². The van der Waals surface area contributed by atoms with Gasteiger partial charge in [-0.25, -0.2) is 4.98 Å². The van der Waals surface area contributed by atoms with Crippen LogP contribution in [0.25, 0.3) is 16.2 Å². The Morgan fingerprint density at radius 2 is 1.86 bits per heavy atom. The molecule has 0 saturated carbocycles. The van der Waals surface area contributed by atoms with Crippen LogP contribution < -0.4 is 5.32 Å². The highest BCUT2D eigenvalue weighted by molar-refractivity contribution is 7.15. The van der Waals surface area contributed by atoms with E-state index in [2.05, 4.69) is 41.5 Å². The van der Waals surface area contributed by atoms with Gasteiger partial charge in [0.05, 0.1) is 27.8 Å². The van der Waals surface area contributed by atoms with Crippen LogP contribution in [0.3, 0.4) is 0 Å². The lowest BCUT2D eigenvalue weighted by Gasteiger charge is -2.08. The predicted molar refractivity (Wildman–Crippen MR) is 117 cm³/mol. The number of nitrogens with one attached hydrogen (secondary N) is 1. The Morgan fingerprint density at radius 3 is 2.54 bits per heavy atom. The highest BCUT2D eigenvalue weighted by Crippen LogP contribution is 2.30. The summed E-state index contributed by atoms with van der Waals surface area (Å²) in [6, 6.07) is 13.5. The zero-order chi connectivity index (χ0) is 19.7. The average molecular weight is 430 g/mol. The van der Waals surface area contributed by atoms with E-state index in [-0.39, 0.29) is 12.3 Å². The normalized spacial score (nSPS) is 11.1. The molecular formula is C21H17Cl2N3OS. The van der Waals surface area contributed by atoms with E-state index in [1.807, 2.05) is 16.0 Å². The Kier molecular flexibility index (Phi) is 5.40. The van der Waals surface area contributed by atoms with Gasteiger partial charge >= 0.3 is 0 Å². The largest absolute Gasteiger partial charge is 0.323 e. The second-order valence-electron chi connectivity index (χ2n) is 6.38. The second kappa shape index (κ2) is 7.95. The maximum Gasteiger partial charge on any atom is 0.230 e. The van der Waals surface area contributed by atoms with Crippen molar-refractivity contribution in [1.29, 1.82) is 0 Å². The fourth-order valence-electron chi connectivity index (χ4n) is 2.97. The van der Waals surface area contributed by atoms with Crippen molar-refractivity contribution in [3.05, 3.63) is 75.3 Å². The first-order valence-corrected chi connectivity index (χ1v) is 10.5. The number of halogens is 2. The van der Waals surface area contributed by atoms with Gasteiger partial charge in [0, 0.05) is 22.8 Å². The van der Waals surface area contributed by atoms with Crippen LogP contribution in [-0.4, -0.2) is 15.3 Å². The molecule has 0 spiro atoms. The van der Waals surface area contributed by atoms with Crippen LogP contribution in [0.4, 0.5) is 5.69 Å². The fourth-order valence-corrected chi connectivity index (χ4v) is 4.34. The number of hydrogen-bond acceptors (Lipinski definition) is 3. The third-order valence-electron chi connectivity index (χ3n) is 4.51. The number of carbonyl (C=O) groups is 1. The fraction of sp³-hybridized carbons (Fsp3) is 0.143. The third-order valence-corrected chi connectivity index (χ3v) is 6.03. The number of rotatable bonds is 5. The molecule has 0 radical (unpaired) electrons. The van der Waals surface area contributed by atoms with Crippen molar-refractivity contribution in [2.75, 3.05) is 5.32 Å². The van der Waals surface area contributed by atoms with Crippen molar-refractivity contribution in [1.82, 2.24) is 9.38 Å². The Labute approximate surface area is 176 Å². The SMILES string of the molecule is CCc1ccc(-c2cn3c(CC(=O)Nc4c(Cl)cccc4Cl)csc3n2)cc1. The van der Waals surface area contributed by atoms with E-state index in [0.717, 1.165) is 28.3 Å². The zero-order valence-electron chi connectivity index (χ0n) is 15.1. The summed E-state index contributed by atoms with van der Waals surface area (Å²) in [7, 11) is 0. The molecule has 4 rings (SSSR count). The molecule has 0 saturated heterocycles. The summed E-state index contributed by atoms with van der Waals surface area (Å²) in [4.78, 5) is 18.1. The number of fused-ring (bicyclic) bond motifs is 1. The van der Waals surface area contributed by atoms with Crippen molar-refractivity contribution in [2.24, 2.45) is 0 Å². The Balaban J connectivity index is 1.56. The number of carbonyl (C=O) groups excluding carboxylic acids is 1. The number of thiazole rings is 1. The van der Waals surface area contributed by atoms with Crippen LogP contribution in [0, 0.1) is 0 Å². The van der Waals surface area contributed by atoms with E-state index < -0.39 is 0 Å². The first kappa shape index (κ1) is 19.0. The Bertz CT molecular complexity index is 1130. The number of anilines is 1. The Hall–Kier alpha value is -2.34. The molecule has 142 valence electrons. The van der Waals surface area contributed by atoms with Gasteiger partial charge in [0.1, 0.15) is 0 Å². The molecule has 2 heterocycles. The molecule has 4 aromatic rings. The maximum atomic E-state index is 12.5. The van der Waals surface area contributed by atoms with Gasteiger partial charge in [0.15, 0.2) is 4.96 Å². The van der Waals surface area contributed by atoms with Crippen LogP contribution in [0.5, 0.6) is 0 Å². The first-order valence-electron chi connectivity index (χ1n) is 8.84. The average Bonchev–Trinajstić information content (AvgIpc) is 3.27. The molecule has 1 N–H and O–H groups in total. The van der Waals surface area contributed by atoms with Crippen LogP contribution in [-0.2, 0) is 17.6 Å². The Morgan fingerprint density at radius 1 is 1.14 bits per heavy atom. The van der Waals surface area contributed by atoms with E-state index in [1.54, 1.807) is 18.2 Å². The van der Waals surface area contributed by atoms with Gasteiger partial charge in [-0.1, -0.05) is 60.5 Å². The van der Waals surface area contributed by atoms with Gasteiger partial charge < -0.3 is 5.32 Å². The molecule has 0 atom stereocenters. The highest BCUT2D eigenvalue weighted by atomic mass is 35.5. The van der Waals surface area contributed by atoms with Gasteiger partial charge in [-0.15, -0.1) is 11.3 Å². The number of benzene rings is 2. The molecule has 2 aromatic heterocycles. The van der Waals surface area contributed by atoms with Gasteiger partial charge in [0.2, 0.25) is 5.91 Å². The second-order valence-corrected chi connectivity index (χ2v) is 8.03. The van der Waals surface area contributed by atoms with Gasteiger partial charge in [-0.05, 0) is 24.1 Å². The molecule has 0 aliphatic rings. The molecular weight excluding hydrogens is 413 g/mol. The van der Waals surface area contributed by atoms with E-state index >= 15 is 0 Å². The standard InChI is InChI=1S/C21H17Cl2N3OS/c1-2-13-6-8-14(9-7-13)18-11-26-15(12-28-21(26)24-18)10-19(27)25-20-16(22)4-3-5-17(20)23/h3-9,11-12H,2,10H2,1H3,(H,25,27). The van der Waals surface area contributed by atoms with Crippen molar-refractivity contribution < 1.29 is 4.79 Å².